The third-order valence-electron chi connectivity index (χ3n) is 3.37. The zero-order chi connectivity index (χ0) is 14.2. The Morgan fingerprint density at radius 1 is 1.53 bits per heavy atom. The molecule has 6 heteroatoms. The van der Waals surface area contributed by atoms with Crippen LogP contribution in [0.1, 0.15) is 19.4 Å². The van der Waals surface area contributed by atoms with Crippen molar-refractivity contribution in [2.24, 2.45) is 5.73 Å². The second-order valence-electron chi connectivity index (χ2n) is 4.99. The molecule has 0 spiro atoms. The Bertz CT molecular complexity index is 545. The fourth-order valence-corrected chi connectivity index (χ4v) is 2.60. The molecule has 2 rings (SSSR count). The topological polar surface area (TPSA) is 58.4 Å². The smallest absolute Gasteiger partial charge is 0.245 e. The Kier molecular flexibility index (Phi) is 3.69. The van der Waals surface area contributed by atoms with Crippen molar-refractivity contribution in [2.45, 2.75) is 19.4 Å². The second kappa shape index (κ2) is 4.98. The van der Waals surface area contributed by atoms with Gasteiger partial charge in [-0.1, -0.05) is 23.8 Å². The Balaban J connectivity index is 2.52. The number of carbonyl (C=O) groups is 1. The maximum Gasteiger partial charge on any atom is 0.245 e. The number of hydrogen-bond acceptors (Lipinski definition) is 3. The van der Waals surface area contributed by atoms with E-state index in [0.29, 0.717) is 23.7 Å². The van der Waals surface area contributed by atoms with Gasteiger partial charge < -0.3 is 16.0 Å². The number of halogens is 1. The highest BCUT2D eigenvalue weighted by Gasteiger charge is 2.38. The highest BCUT2D eigenvalue weighted by atomic mass is 35.5. The van der Waals surface area contributed by atoms with E-state index in [1.54, 1.807) is 12.1 Å². The van der Waals surface area contributed by atoms with Crippen LogP contribution < -0.4 is 16.0 Å². The van der Waals surface area contributed by atoms with E-state index < -0.39 is 5.54 Å². The molecule has 3 N–H and O–H groups in total. The van der Waals surface area contributed by atoms with Gasteiger partial charge in [0, 0.05) is 29.4 Å². The number of nitrogens with zero attached hydrogens (tertiary/aromatic N) is 1. The lowest BCUT2D eigenvalue weighted by molar-refractivity contribution is -0.126. The highest BCUT2D eigenvalue weighted by molar-refractivity contribution is 7.80. The molecule has 1 aliphatic heterocycles. The molecule has 1 aliphatic rings. The van der Waals surface area contributed by atoms with Gasteiger partial charge in [0.25, 0.3) is 0 Å². The first-order valence-electron chi connectivity index (χ1n) is 5.99. The van der Waals surface area contributed by atoms with Gasteiger partial charge in [-0.15, -0.1) is 0 Å². The number of benzene rings is 1. The number of amides is 1. The predicted molar refractivity (Wildman–Crippen MR) is 81.8 cm³/mol. The molecule has 0 unspecified atom stereocenters. The van der Waals surface area contributed by atoms with Gasteiger partial charge in [0.05, 0.1) is 0 Å². The SMILES string of the molecule is CC1(C)C(=O)NCCN1c1ccc(Cl)cc1C(N)=S. The minimum atomic E-state index is -0.647. The van der Waals surface area contributed by atoms with Crippen LogP contribution in [0.15, 0.2) is 18.2 Å². The summed E-state index contributed by atoms with van der Waals surface area (Å²) < 4.78 is 0. The van der Waals surface area contributed by atoms with Crippen molar-refractivity contribution in [1.29, 1.82) is 0 Å². The van der Waals surface area contributed by atoms with Crippen molar-refractivity contribution >= 4 is 40.4 Å². The van der Waals surface area contributed by atoms with Crippen LogP contribution in [0.3, 0.4) is 0 Å². The van der Waals surface area contributed by atoms with Gasteiger partial charge in [-0.2, -0.15) is 0 Å². The van der Waals surface area contributed by atoms with Crippen molar-refractivity contribution in [1.82, 2.24) is 5.32 Å². The molecule has 102 valence electrons. The van der Waals surface area contributed by atoms with Gasteiger partial charge in [0.2, 0.25) is 5.91 Å². The molecular weight excluding hydrogens is 282 g/mol. The molecule has 0 aliphatic carbocycles. The van der Waals surface area contributed by atoms with Gasteiger partial charge in [0.15, 0.2) is 0 Å². The third kappa shape index (κ3) is 2.53. The Labute approximate surface area is 122 Å². The average Bonchev–Trinajstić information content (AvgIpc) is 2.33. The normalized spacial score (nSPS) is 18.1. The quantitative estimate of drug-likeness (QED) is 0.816. The standard InChI is InChI=1S/C13H16ClN3OS/c1-13(2)12(18)16-5-6-17(13)10-4-3-8(14)7-9(10)11(15)19/h3-4,7H,5-6H2,1-2H3,(H2,15,19)(H,16,18). The van der Waals surface area contributed by atoms with E-state index in [1.165, 1.54) is 0 Å². The van der Waals surface area contributed by atoms with Crippen LogP contribution in [0.4, 0.5) is 5.69 Å². The Morgan fingerprint density at radius 3 is 2.84 bits per heavy atom. The number of rotatable bonds is 2. The number of thiocarbonyl (C=S) groups is 1. The molecule has 1 fully saturated rings. The van der Waals surface area contributed by atoms with Crippen molar-refractivity contribution < 1.29 is 4.79 Å². The number of nitrogens with one attached hydrogen (secondary N) is 1. The molecule has 1 heterocycles. The van der Waals surface area contributed by atoms with Gasteiger partial charge in [0.1, 0.15) is 10.5 Å². The monoisotopic (exact) mass is 297 g/mol. The van der Waals surface area contributed by atoms with E-state index in [-0.39, 0.29) is 10.9 Å². The van der Waals surface area contributed by atoms with Gasteiger partial charge >= 0.3 is 0 Å². The van der Waals surface area contributed by atoms with Crippen molar-refractivity contribution in [2.75, 3.05) is 18.0 Å². The van der Waals surface area contributed by atoms with E-state index in [0.717, 1.165) is 5.69 Å². The van der Waals surface area contributed by atoms with E-state index in [9.17, 15) is 4.79 Å². The number of piperazine rings is 1. The zero-order valence-corrected chi connectivity index (χ0v) is 12.4. The van der Waals surface area contributed by atoms with E-state index >= 15 is 0 Å². The largest absolute Gasteiger partial charge is 0.389 e. The first kappa shape index (κ1) is 14.1. The van der Waals surface area contributed by atoms with Crippen LogP contribution in [0.5, 0.6) is 0 Å². The van der Waals surface area contributed by atoms with Gasteiger partial charge in [-0.25, -0.2) is 0 Å². The summed E-state index contributed by atoms with van der Waals surface area (Å²) in [5.41, 5.74) is 6.66. The lowest BCUT2D eigenvalue weighted by atomic mass is 9.96. The molecular formula is C13H16ClN3OS. The fourth-order valence-electron chi connectivity index (χ4n) is 2.26. The maximum absolute atomic E-state index is 12.0. The molecule has 0 saturated carbocycles. The molecule has 1 amide bonds. The summed E-state index contributed by atoms with van der Waals surface area (Å²) in [5, 5.41) is 3.44. The van der Waals surface area contributed by atoms with Crippen LogP contribution in [-0.4, -0.2) is 29.5 Å². The van der Waals surface area contributed by atoms with Crippen molar-refractivity contribution in [3.8, 4) is 0 Å². The van der Waals surface area contributed by atoms with Crippen molar-refractivity contribution in [3.63, 3.8) is 0 Å². The van der Waals surface area contributed by atoms with Crippen LogP contribution in [-0.2, 0) is 4.79 Å². The first-order valence-corrected chi connectivity index (χ1v) is 6.78. The van der Waals surface area contributed by atoms with Gasteiger partial charge in [-0.3, -0.25) is 4.79 Å². The number of nitrogens with two attached hydrogens (primary N) is 1. The van der Waals surface area contributed by atoms with Gasteiger partial charge in [-0.05, 0) is 32.0 Å². The number of anilines is 1. The van der Waals surface area contributed by atoms with Crippen LogP contribution in [0.2, 0.25) is 5.02 Å². The van der Waals surface area contributed by atoms with Crippen LogP contribution in [0.25, 0.3) is 0 Å². The lowest BCUT2D eigenvalue weighted by Gasteiger charge is -2.43. The predicted octanol–water partition coefficient (Wildman–Crippen LogP) is 1.69. The Morgan fingerprint density at radius 2 is 2.21 bits per heavy atom. The minimum absolute atomic E-state index is 0.0115. The summed E-state index contributed by atoms with van der Waals surface area (Å²) in [6.07, 6.45) is 0. The molecule has 0 radical (unpaired) electrons. The van der Waals surface area contributed by atoms with Crippen LogP contribution >= 0.6 is 23.8 Å². The third-order valence-corrected chi connectivity index (χ3v) is 3.82. The summed E-state index contributed by atoms with van der Waals surface area (Å²) in [6.45, 7) is 5.05. The lowest BCUT2D eigenvalue weighted by Crippen LogP contribution is -2.62. The molecule has 0 atom stereocenters. The summed E-state index contributed by atoms with van der Waals surface area (Å²) >= 11 is 11.1. The van der Waals surface area contributed by atoms with E-state index in [4.69, 9.17) is 29.6 Å². The van der Waals surface area contributed by atoms with Crippen LogP contribution in [0, 0.1) is 0 Å². The second-order valence-corrected chi connectivity index (χ2v) is 5.87. The summed E-state index contributed by atoms with van der Waals surface area (Å²) in [6, 6.07) is 5.38. The molecule has 1 aromatic rings. The molecule has 1 saturated heterocycles. The molecule has 1 aromatic carbocycles. The maximum atomic E-state index is 12.0. The molecule has 0 aromatic heterocycles. The number of carbonyl (C=O) groups excluding carboxylic acids is 1. The van der Waals surface area contributed by atoms with E-state index in [1.807, 2.05) is 24.8 Å². The fraction of sp³-hybridized carbons (Fsp3) is 0.385. The van der Waals surface area contributed by atoms with Crippen molar-refractivity contribution in [3.05, 3.63) is 28.8 Å². The molecule has 19 heavy (non-hydrogen) atoms. The summed E-state index contributed by atoms with van der Waals surface area (Å²) in [7, 11) is 0. The summed E-state index contributed by atoms with van der Waals surface area (Å²) in [5.74, 6) is -0.0115. The van der Waals surface area contributed by atoms with E-state index in [2.05, 4.69) is 5.32 Å². The first-order chi connectivity index (χ1) is 8.84. The highest BCUT2D eigenvalue weighted by Crippen LogP contribution is 2.31. The number of hydrogen-bond donors (Lipinski definition) is 2. The summed E-state index contributed by atoms with van der Waals surface area (Å²) in [4.78, 5) is 14.3. The molecule has 0 bridgehead atoms. The zero-order valence-electron chi connectivity index (χ0n) is 10.9. The minimum Gasteiger partial charge on any atom is -0.389 e. The average molecular weight is 298 g/mol. The molecule has 4 nitrogen and oxygen atoms in total. The Hall–Kier alpha value is -1.33.